The van der Waals surface area contributed by atoms with Gasteiger partial charge in [-0.2, -0.15) is 0 Å². The van der Waals surface area contributed by atoms with Crippen LogP contribution in [-0.4, -0.2) is 9.55 Å². The summed E-state index contributed by atoms with van der Waals surface area (Å²) in [6.45, 7) is 2.05. The number of nitrogens with zero attached hydrogens (tertiary/aromatic N) is 2. The van der Waals surface area contributed by atoms with Crippen LogP contribution in [-0.2, 0) is 0 Å². The number of halogens is 1. The van der Waals surface area contributed by atoms with Crippen molar-refractivity contribution in [1.82, 2.24) is 9.55 Å². The van der Waals surface area contributed by atoms with E-state index in [0.717, 1.165) is 35.0 Å². The zero-order chi connectivity index (χ0) is 13.4. The van der Waals surface area contributed by atoms with E-state index in [1.807, 2.05) is 6.92 Å². The van der Waals surface area contributed by atoms with Gasteiger partial charge in [0.25, 0.3) is 0 Å². The van der Waals surface area contributed by atoms with Gasteiger partial charge in [-0.25, -0.2) is 4.98 Å². The molecular weight excluding hydrogens is 268 g/mol. The highest BCUT2D eigenvalue weighted by Gasteiger charge is 2.66. The van der Waals surface area contributed by atoms with Crippen molar-refractivity contribution in [1.29, 1.82) is 0 Å². The van der Waals surface area contributed by atoms with E-state index < -0.39 is 0 Å². The van der Waals surface area contributed by atoms with Crippen molar-refractivity contribution < 1.29 is 0 Å². The fourth-order valence-electron chi connectivity index (χ4n) is 5.28. The van der Waals surface area contributed by atoms with Crippen LogP contribution in [0.1, 0.15) is 43.4 Å². The maximum atomic E-state index is 6.41. The molecule has 1 heterocycles. The highest BCUT2D eigenvalue weighted by Crippen LogP contribution is 2.72. The second-order valence-corrected chi connectivity index (χ2v) is 7.58. The molecule has 20 heavy (non-hydrogen) atoms. The Morgan fingerprint density at radius 3 is 2.60 bits per heavy atom. The lowest BCUT2D eigenvalue weighted by Gasteiger charge is -2.15. The van der Waals surface area contributed by atoms with Crippen molar-refractivity contribution in [3.05, 3.63) is 30.1 Å². The molecule has 2 nitrogen and oxygen atoms in total. The summed E-state index contributed by atoms with van der Waals surface area (Å²) in [5, 5.41) is -0.0126. The van der Waals surface area contributed by atoms with Gasteiger partial charge in [-0.1, -0.05) is 12.1 Å². The molecule has 5 rings (SSSR count). The molecule has 3 saturated carbocycles. The molecule has 0 amide bonds. The Balaban J connectivity index is 1.67. The van der Waals surface area contributed by atoms with Crippen LogP contribution >= 0.6 is 11.6 Å². The number of fused-ring (bicyclic) bond motifs is 6. The lowest BCUT2D eigenvalue weighted by Crippen LogP contribution is -2.09. The van der Waals surface area contributed by atoms with Crippen molar-refractivity contribution in [3.8, 4) is 0 Å². The third-order valence-electron chi connectivity index (χ3n) is 5.97. The third kappa shape index (κ3) is 1.34. The minimum Gasteiger partial charge on any atom is -0.323 e. The van der Waals surface area contributed by atoms with E-state index >= 15 is 0 Å². The van der Waals surface area contributed by atoms with Crippen LogP contribution in [0, 0.1) is 23.7 Å². The summed E-state index contributed by atoms with van der Waals surface area (Å²) < 4.78 is 2.49. The van der Waals surface area contributed by atoms with E-state index in [0.29, 0.717) is 6.04 Å². The highest BCUT2D eigenvalue weighted by atomic mass is 35.5. The predicted molar refractivity (Wildman–Crippen MR) is 80.8 cm³/mol. The fraction of sp³-hybridized carbons (Fsp3) is 0.588. The lowest BCUT2D eigenvalue weighted by molar-refractivity contribution is 0.451. The molecular formula is C17H19ClN2. The Hall–Kier alpha value is -1.02. The first-order valence-electron chi connectivity index (χ1n) is 7.86. The molecule has 3 aliphatic rings. The number of alkyl halides is 1. The second kappa shape index (κ2) is 3.79. The molecule has 3 heteroatoms. The normalized spacial score (nSPS) is 39.2. The number of rotatable bonds is 2. The Morgan fingerprint density at radius 2 is 1.90 bits per heavy atom. The number of para-hydroxylation sites is 2. The van der Waals surface area contributed by atoms with Gasteiger partial charge in [0.15, 0.2) is 0 Å². The first-order valence-corrected chi connectivity index (χ1v) is 8.30. The molecule has 1 aromatic heterocycles. The molecule has 5 atom stereocenters. The van der Waals surface area contributed by atoms with E-state index in [2.05, 4.69) is 28.8 Å². The van der Waals surface area contributed by atoms with Crippen LogP contribution in [0.3, 0.4) is 0 Å². The van der Waals surface area contributed by atoms with Crippen LogP contribution in [0.5, 0.6) is 0 Å². The molecule has 2 aromatic rings. The molecule has 0 aliphatic heterocycles. The van der Waals surface area contributed by atoms with Gasteiger partial charge in [-0.05, 0) is 62.0 Å². The summed E-state index contributed by atoms with van der Waals surface area (Å²) in [4.78, 5) is 4.80. The highest BCUT2D eigenvalue weighted by molar-refractivity contribution is 6.20. The molecule has 2 bridgehead atoms. The van der Waals surface area contributed by atoms with Gasteiger partial charge in [0, 0.05) is 6.04 Å². The Kier molecular flexibility index (Phi) is 2.20. The maximum Gasteiger partial charge on any atom is 0.127 e. The Bertz CT molecular complexity index is 673. The molecule has 0 saturated heterocycles. The summed E-state index contributed by atoms with van der Waals surface area (Å²) in [5.74, 6) is 4.87. The summed E-state index contributed by atoms with van der Waals surface area (Å²) in [7, 11) is 0. The van der Waals surface area contributed by atoms with E-state index in [-0.39, 0.29) is 5.38 Å². The first kappa shape index (κ1) is 11.6. The number of benzene rings is 1. The number of imidazole rings is 1. The number of hydrogen-bond acceptors (Lipinski definition) is 1. The Labute approximate surface area is 124 Å². The van der Waals surface area contributed by atoms with Gasteiger partial charge < -0.3 is 4.57 Å². The topological polar surface area (TPSA) is 17.8 Å². The van der Waals surface area contributed by atoms with Crippen LogP contribution in [0.2, 0.25) is 0 Å². The quantitative estimate of drug-likeness (QED) is 0.741. The van der Waals surface area contributed by atoms with Crippen molar-refractivity contribution in [2.75, 3.05) is 0 Å². The summed E-state index contributed by atoms with van der Waals surface area (Å²) in [6, 6.07) is 9.20. The number of hydrogen-bond donors (Lipinski definition) is 0. The molecule has 3 fully saturated rings. The minimum absolute atomic E-state index is 0.0126. The Morgan fingerprint density at radius 1 is 1.20 bits per heavy atom. The molecule has 0 N–H and O–H groups in total. The SMILES string of the molecule is CC(Cl)c1nc2ccccc2n1C1C2C3CCC(C3)C21. The molecule has 104 valence electrons. The van der Waals surface area contributed by atoms with Crippen molar-refractivity contribution in [3.63, 3.8) is 0 Å². The lowest BCUT2D eigenvalue weighted by atomic mass is 10.0. The predicted octanol–water partition coefficient (Wildman–Crippen LogP) is 4.55. The average molecular weight is 287 g/mol. The summed E-state index contributed by atoms with van der Waals surface area (Å²) >= 11 is 6.41. The van der Waals surface area contributed by atoms with Gasteiger partial charge in [0.2, 0.25) is 0 Å². The van der Waals surface area contributed by atoms with Crippen LogP contribution in [0.15, 0.2) is 24.3 Å². The van der Waals surface area contributed by atoms with Gasteiger partial charge in [-0.15, -0.1) is 11.6 Å². The average Bonchev–Trinajstić information content (AvgIpc) is 2.83. The van der Waals surface area contributed by atoms with E-state index in [4.69, 9.17) is 16.6 Å². The molecule has 0 spiro atoms. The molecule has 1 aromatic carbocycles. The maximum absolute atomic E-state index is 6.41. The molecule has 0 radical (unpaired) electrons. The van der Waals surface area contributed by atoms with Crippen molar-refractivity contribution in [2.24, 2.45) is 23.7 Å². The smallest absolute Gasteiger partial charge is 0.127 e. The third-order valence-corrected chi connectivity index (χ3v) is 6.17. The molecule has 5 unspecified atom stereocenters. The fourth-order valence-corrected chi connectivity index (χ4v) is 5.43. The van der Waals surface area contributed by atoms with E-state index in [1.54, 1.807) is 0 Å². The van der Waals surface area contributed by atoms with Gasteiger partial charge in [0.05, 0.1) is 16.4 Å². The second-order valence-electron chi connectivity index (χ2n) is 6.92. The molecule has 3 aliphatic carbocycles. The zero-order valence-electron chi connectivity index (χ0n) is 11.7. The van der Waals surface area contributed by atoms with Crippen LogP contribution < -0.4 is 0 Å². The standard InChI is InChI=1S/C17H19ClN2/c1-9(18)17-19-12-4-2-3-5-13(12)20(17)16-14-10-6-7-11(8-10)15(14)16/h2-5,9-11,14-16H,6-8H2,1H3. The minimum atomic E-state index is -0.0126. The van der Waals surface area contributed by atoms with Crippen LogP contribution in [0.25, 0.3) is 11.0 Å². The van der Waals surface area contributed by atoms with Crippen molar-refractivity contribution in [2.45, 2.75) is 37.6 Å². The number of aromatic nitrogens is 2. The largest absolute Gasteiger partial charge is 0.323 e. The van der Waals surface area contributed by atoms with Crippen molar-refractivity contribution >= 4 is 22.6 Å². The van der Waals surface area contributed by atoms with Crippen LogP contribution in [0.4, 0.5) is 0 Å². The monoisotopic (exact) mass is 286 g/mol. The van der Waals surface area contributed by atoms with Gasteiger partial charge in [-0.3, -0.25) is 0 Å². The van der Waals surface area contributed by atoms with Gasteiger partial charge in [0.1, 0.15) is 5.82 Å². The zero-order valence-corrected chi connectivity index (χ0v) is 12.4. The first-order chi connectivity index (χ1) is 9.75. The van der Waals surface area contributed by atoms with E-state index in [9.17, 15) is 0 Å². The van der Waals surface area contributed by atoms with Gasteiger partial charge >= 0.3 is 0 Å². The van der Waals surface area contributed by atoms with E-state index in [1.165, 1.54) is 24.8 Å². The summed E-state index contributed by atoms with van der Waals surface area (Å²) in [5.41, 5.74) is 2.39. The summed E-state index contributed by atoms with van der Waals surface area (Å²) in [6.07, 6.45) is 4.41.